The molecule has 0 saturated heterocycles. The largest absolute Gasteiger partial charge is 0.382 e. The predicted molar refractivity (Wildman–Crippen MR) is 93.1 cm³/mol. The lowest BCUT2D eigenvalue weighted by Gasteiger charge is -2.32. The quantitative estimate of drug-likeness (QED) is 0.368. The molecule has 0 rings (SSSR count). The van der Waals surface area contributed by atoms with Gasteiger partial charge < -0.3 is 25.8 Å². The van der Waals surface area contributed by atoms with Crippen molar-refractivity contribution < 1.29 is 19.1 Å². The monoisotopic (exact) mass is 347 g/mol. The van der Waals surface area contributed by atoms with Gasteiger partial charge in [0.05, 0.1) is 30.9 Å². The van der Waals surface area contributed by atoms with Crippen LogP contribution in [0.2, 0.25) is 0 Å². The molecule has 7 nitrogen and oxygen atoms in total. The molecule has 0 aliphatic rings. The number of ether oxygens (including phenoxy) is 2. The van der Waals surface area contributed by atoms with E-state index >= 15 is 0 Å². The lowest BCUT2D eigenvalue weighted by atomic mass is 9.86. The molecule has 8 heteroatoms. The molecule has 0 saturated carbocycles. The van der Waals surface area contributed by atoms with E-state index in [2.05, 4.69) is 10.6 Å². The van der Waals surface area contributed by atoms with Gasteiger partial charge in [0.1, 0.15) is 0 Å². The maximum atomic E-state index is 11.9. The van der Waals surface area contributed by atoms with Crippen molar-refractivity contribution in [1.82, 2.24) is 10.6 Å². The highest BCUT2D eigenvalue weighted by Gasteiger charge is 2.29. The summed E-state index contributed by atoms with van der Waals surface area (Å²) in [5.41, 5.74) is 4.79. The summed E-state index contributed by atoms with van der Waals surface area (Å²) >= 11 is 5.38. The van der Waals surface area contributed by atoms with Gasteiger partial charge in [-0.1, -0.05) is 33.0 Å². The van der Waals surface area contributed by atoms with E-state index in [0.717, 1.165) is 0 Å². The van der Waals surface area contributed by atoms with Gasteiger partial charge in [0, 0.05) is 26.5 Å². The predicted octanol–water partition coefficient (Wildman–Crippen LogP) is 0.363. The van der Waals surface area contributed by atoms with Crippen LogP contribution >= 0.6 is 12.2 Å². The zero-order valence-corrected chi connectivity index (χ0v) is 15.3. The van der Waals surface area contributed by atoms with Crippen molar-refractivity contribution in [3.8, 4) is 0 Å². The first-order chi connectivity index (χ1) is 10.7. The van der Waals surface area contributed by atoms with E-state index in [1.807, 2.05) is 20.8 Å². The number of thiocarbonyl (C=S) groups is 1. The minimum absolute atomic E-state index is 0.0240. The van der Waals surface area contributed by atoms with Gasteiger partial charge in [0.2, 0.25) is 11.8 Å². The molecule has 0 fully saturated rings. The second kappa shape index (κ2) is 11.3. The van der Waals surface area contributed by atoms with Gasteiger partial charge in [-0.2, -0.15) is 0 Å². The van der Waals surface area contributed by atoms with Gasteiger partial charge in [-0.25, -0.2) is 0 Å². The molecule has 0 aromatic carbocycles. The zero-order chi connectivity index (χ0) is 17.9. The lowest BCUT2D eigenvalue weighted by molar-refractivity contribution is -0.125. The van der Waals surface area contributed by atoms with E-state index in [1.165, 1.54) is 0 Å². The molecular weight excluding hydrogens is 318 g/mol. The molecule has 0 bridgehead atoms. The Morgan fingerprint density at radius 1 is 1.17 bits per heavy atom. The summed E-state index contributed by atoms with van der Waals surface area (Å²) in [6, 6.07) is -0.336. The summed E-state index contributed by atoms with van der Waals surface area (Å²) in [5.74, 6) is -0.745. The molecule has 0 aromatic heterocycles. The van der Waals surface area contributed by atoms with Crippen LogP contribution in [0.15, 0.2) is 0 Å². The second-order valence-corrected chi connectivity index (χ2v) is 6.67. The van der Waals surface area contributed by atoms with Crippen LogP contribution in [0.1, 0.15) is 33.6 Å². The van der Waals surface area contributed by atoms with E-state index in [9.17, 15) is 9.59 Å². The highest BCUT2D eigenvalue weighted by molar-refractivity contribution is 7.80. The van der Waals surface area contributed by atoms with Crippen LogP contribution in [0.25, 0.3) is 0 Å². The van der Waals surface area contributed by atoms with Crippen LogP contribution in [0, 0.1) is 5.41 Å². The van der Waals surface area contributed by atoms with Crippen LogP contribution in [0.4, 0.5) is 0 Å². The Morgan fingerprint density at radius 3 is 2.35 bits per heavy atom. The Bertz CT molecular complexity index is 397. The number of carbonyl (C=O) groups excluding carboxylic acids is 2. The topological polar surface area (TPSA) is 103 Å². The van der Waals surface area contributed by atoms with Crippen LogP contribution in [-0.4, -0.2) is 56.3 Å². The molecule has 4 N–H and O–H groups in total. The van der Waals surface area contributed by atoms with Gasteiger partial charge in [0.15, 0.2) is 0 Å². The summed E-state index contributed by atoms with van der Waals surface area (Å²) in [5, 5.41) is 5.96. The average molecular weight is 347 g/mol. The molecule has 2 amide bonds. The molecule has 0 radical (unpaired) electrons. The van der Waals surface area contributed by atoms with Gasteiger partial charge in [0.25, 0.3) is 0 Å². The third-order valence-corrected chi connectivity index (χ3v) is 3.39. The average Bonchev–Trinajstić information content (AvgIpc) is 2.44. The SMILES string of the molecule is COCCOCCNC(=S)[C@@H](NC(=O)CCC(N)=O)C(C)(C)C. The van der Waals surface area contributed by atoms with Crippen LogP contribution in [0.5, 0.6) is 0 Å². The third-order valence-electron chi connectivity index (χ3n) is 3.01. The van der Waals surface area contributed by atoms with Crippen molar-refractivity contribution in [3.63, 3.8) is 0 Å². The van der Waals surface area contributed by atoms with Gasteiger partial charge in [-0.3, -0.25) is 9.59 Å². The van der Waals surface area contributed by atoms with Crippen molar-refractivity contribution in [2.45, 2.75) is 39.7 Å². The van der Waals surface area contributed by atoms with E-state index < -0.39 is 5.91 Å². The van der Waals surface area contributed by atoms with Crippen molar-refractivity contribution in [2.24, 2.45) is 11.1 Å². The molecular formula is C15H29N3O4S. The van der Waals surface area contributed by atoms with E-state index in [0.29, 0.717) is 31.4 Å². The van der Waals surface area contributed by atoms with Crippen molar-refractivity contribution in [1.29, 1.82) is 0 Å². The Kier molecular flexibility index (Phi) is 10.7. The summed E-state index contributed by atoms with van der Waals surface area (Å²) in [4.78, 5) is 23.2. The fraction of sp³-hybridized carbons (Fsp3) is 0.800. The molecule has 0 heterocycles. The Morgan fingerprint density at radius 2 is 1.83 bits per heavy atom. The normalized spacial score (nSPS) is 12.5. The summed E-state index contributed by atoms with van der Waals surface area (Å²) < 4.78 is 10.2. The van der Waals surface area contributed by atoms with E-state index in [1.54, 1.807) is 7.11 Å². The minimum Gasteiger partial charge on any atom is -0.382 e. The van der Waals surface area contributed by atoms with E-state index in [-0.39, 0.29) is 30.2 Å². The number of rotatable bonds is 11. The number of nitrogens with two attached hydrogens (primary N) is 1. The Hall–Kier alpha value is -1.25. The molecule has 0 unspecified atom stereocenters. The molecule has 0 aliphatic carbocycles. The summed E-state index contributed by atoms with van der Waals surface area (Å²) in [7, 11) is 1.62. The van der Waals surface area contributed by atoms with Gasteiger partial charge >= 0.3 is 0 Å². The second-order valence-electron chi connectivity index (χ2n) is 6.23. The van der Waals surface area contributed by atoms with Crippen LogP contribution < -0.4 is 16.4 Å². The minimum atomic E-state index is -0.499. The molecule has 0 spiro atoms. The number of amides is 2. The van der Waals surface area contributed by atoms with Crippen molar-refractivity contribution >= 4 is 29.0 Å². The number of hydrogen-bond acceptors (Lipinski definition) is 5. The maximum Gasteiger partial charge on any atom is 0.221 e. The number of primary amides is 1. The highest BCUT2D eigenvalue weighted by Crippen LogP contribution is 2.20. The Labute approximate surface area is 143 Å². The fourth-order valence-corrected chi connectivity index (χ4v) is 2.25. The van der Waals surface area contributed by atoms with Gasteiger partial charge in [-0.05, 0) is 5.41 Å². The first-order valence-corrected chi connectivity index (χ1v) is 8.01. The Balaban J connectivity index is 4.35. The number of methoxy groups -OCH3 is 1. The molecule has 134 valence electrons. The first kappa shape index (κ1) is 21.8. The maximum absolute atomic E-state index is 11.9. The fourth-order valence-electron chi connectivity index (χ4n) is 1.74. The third kappa shape index (κ3) is 11.0. The lowest BCUT2D eigenvalue weighted by Crippen LogP contribution is -2.53. The van der Waals surface area contributed by atoms with E-state index in [4.69, 9.17) is 27.4 Å². The van der Waals surface area contributed by atoms with Crippen LogP contribution in [0.3, 0.4) is 0 Å². The van der Waals surface area contributed by atoms with Crippen molar-refractivity contribution in [3.05, 3.63) is 0 Å². The number of hydrogen-bond donors (Lipinski definition) is 3. The highest BCUT2D eigenvalue weighted by atomic mass is 32.1. The molecule has 1 atom stereocenters. The standard InChI is InChI=1S/C15H29N3O4S/c1-15(2,3)13(18-12(20)6-5-11(16)19)14(23)17-7-8-22-10-9-21-4/h13H,5-10H2,1-4H3,(H2,16,19)(H,17,23)(H,18,20)/t13-/m1/s1. The molecule has 0 aromatic rings. The number of carbonyl (C=O) groups is 2. The summed E-state index contributed by atoms with van der Waals surface area (Å²) in [6.07, 6.45) is 0.0842. The smallest absolute Gasteiger partial charge is 0.221 e. The first-order valence-electron chi connectivity index (χ1n) is 7.60. The molecule has 0 aliphatic heterocycles. The van der Waals surface area contributed by atoms with Crippen molar-refractivity contribution in [2.75, 3.05) is 33.5 Å². The molecule has 23 heavy (non-hydrogen) atoms. The summed E-state index contributed by atoms with van der Waals surface area (Å²) in [6.45, 7) is 8.06. The number of nitrogens with one attached hydrogen (secondary N) is 2. The zero-order valence-electron chi connectivity index (χ0n) is 14.4. The van der Waals surface area contributed by atoms with Crippen LogP contribution in [-0.2, 0) is 19.1 Å². The van der Waals surface area contributed by atoms with Gasteiger partial charge in [-0.15, -0.1) is 0 Å².